The van der Waals surface area contributed by atoms with Gasteiger partial charge in [-0.1, -0.05) is 42.5 Å². The summed E-state index contributed by atoms with van der Waals surface area (Å²) in [6.45, 7) is 2.02. The van der Waals surface area contributed by atoms with Gasteiger partial charge in [-0.2, -0.15) is 0 Å². The minimum atomic E-state index is 0. The van der Waals surface area contributed by atoms with Crippen LogP contribution in [-0.2, 0) is 11.0 Å². The van der Waals surface area contributed by atoms with Crippen molar-refractivity contribution in [1.29, 1.82) is 0 Å². The zero-order valence-electron chi connectivity index (χ0n) is 6.36. The normalized spacial score (nSPS) is 8.45. The molecule has 2 heteroatoms. The molecule has 0 amide bonds. The largest absolute Gasteiger partial charge is 0.0871 e. The first-order chi connectivity index (χ1) is 4.43. The lowest BCUT2D eigenvalue weighted by atomic mass is 10.2. The molecule has 0 saturated carbocycles. The summed E-state index contributed by atoms with van der Waals surface area (Å²) >= 11 is 0. The summed E-state index contributed by atoms with van der Waals surface area (Å²) in [5.41, 5.74) is 1.26. The van der Waals surface area contributed by atoms with Crippen molar-refractivity contribution in [2.45, 2.75) is 6.92 Å². The van der Waals surface area contributed by atoms with Crippen molar-refractivity contribution >= 4 is 6.08 Å². The van der Waals surface area contributed by atoms with Gasteiger partial charge >= 0.3 is 0 Å². The quantitative estimate of drug-likeness (QED) is 0.590. The predicted octanol–water partition coefficient (Wildman–Crippen LogP) is 2.48. The molecule has 0 N–H and O–H groups in total. The Kier molecular flexibility index (Phi) is 7.98. The molecule has 0 atom stereocenters. The van der Waals surface area contributed by atoms with Crippen molar-refractivity contribution in [2.24, 2.45) is 0 Å². The molecule has 0 aliphatic heterocycles. The highest BCUT2D eigenvalue weighted by Gasteiger charge is 1.77. The van der Waals surface area contributed by atoms with Crippen LogP contribution in [0.1, 0.15) is 12.5 Å². The van der Waals surface area contributed by atoms with Crippen LogP contribution in [0.25, 0.3) is 6.08 Å². The van der Waals surface area contributed by atoms with Gasteiger partial charge in [-0.3, -0.25) is 0 Å². The van der Waals surface area contributed by atoms with Crippen LogP contribution in [0.4, 0.5) is 0 Å². The summed E-state index contributed by atoms with van der Waals surface area (Å²) in [5, 5.41) is 0. The molecule has 0 aliphatic rings. The van der Waals surface area contributed by atoms with E-state index in [0.29, 0.717) is 0 Å². The molecule has 0 aliphatic carbocycles. The predicted molar refractivity (Wildman–Crippen MR) is 42.5 cm³/mol. The maximum Gasteiger partial charge on any atom is 0 e. The van der Waals surface area contributed by atoms with Crippen LogP contribution >= 0.6 is 0 Å². The van der Waals surface area contributed by atoms with Crippen LogP contribution in [0.3, 0.4) is 0 Å². The summed E-state index contributed by atoms with van der Waals surface area (Å²) < 4.78 is 0. The first kappa shape index (κ1) is 12.5. The second kappa shape index (κ2) is 6.99. The molecule has 11 heavy (non-hydrogen) atoms. The number of rotatable bonds is 1. The molecular weight excluding hydrogens is 140 g/mol. The third-order valence-corrected chi connectivity index (χ3v) is 1.16. The van der Waals surface area contributed by atoms with Crippen LogP contribution in [0.15, 0.2) is 36.4 Å². The van der Waals surface area contributed by atoms with Crippen molar-refractivity contribution in [3.63, 3.8) is 0 Å². The van der Waals surface area contributed by atoms with Gasteiger partial charge in [0.2, 0.25) is 0 Å². The fourth-order valence-electron chi connectivity index (χ4n) is 0.757. The van der Waals surface area contributed by atoms with Crippen LogP contribution in [0.2, 0.25) is 0 Å². The van der Waals surface area contributed by atoms with E-state index in [4.69, 9.17) is 0 Å². The van der Waals surface area contributed by atoms with Gasteiger partial charge in [0, 0.05) is 11.0 Å². The maximum absolute atomic E-state index is 2.08. The topological polar surface area (TPSA) is 57.0 Å². The van der Waals surface area contributed by atoms with E-state index in [2.05, 4.69) is 18.2 Å². The van der Waals surface area contributed by atoms with Crippen LogP contribution in [0.5, 0.6) is 0 Å². The van der Waals surface area contributed by atoms with Crippen molar-refractivity contribution < 1.29 is 11.0 Å². The Morgan fingerprint density at radius 3 is 2.00 bits per heavy atom. The molecule has 4 radical (unpaired) electrons. The zero-order valence-corrected chi connectivity index (χ0v) is 6.36. The Labute approximate surface area is 66.8 Å². The van der Waals surface area contributed by atoms with E-state index in [-0.39, 0.29) is 11.0 Å². The average Bonchev–Trinajstić information content (AvgIpc) is 1.91. The minimum absolute atomic E-state index is 0. The first-order valence-corrected chi connectivity index (χ1v) is 3.11. The van der Waals surface area contributed by atoms with E-state index in [9.17, 15) is 0 Å². The third kappa shape index (κ3) is 4.31. The van der Waals surface area contributed by atoms with Crippen molar-refractivity contribution in [3.05, 3.63) is 42.0 Å². The fourth-order valence-corrected chi connectivity index (χ4v) is 0.757. The van der Waals surface area contributed by atoms with Crippen molar-refractivity contribution in [2.75, 3.05) is 0 Å². The molecule has 0 saturated heterocycles. The van der Waals surface area contributed by atoms with Gasteiger partial charge in [0.15, 0.2) is 0 Å². The lowest BCUT2D eigenvalue weighted by molar-refractivity contribution is 0.686. The van der Waals surface area contributed by atoms with Gasteiger partial charge in [0.05, 0.1) is 0 Å². The Bertz CT molecular complexity index is 192. The number of hydrogen-bond acceptors (Lipinski definition) is 0. The Balaban J connectivity index is 0. The second-order valence-corrected chi connectivity index (χ2v) is 1.91. The smallest absolute Gasteiger partial charge is 0 e. The summed E-state index contributed by atoms with van der Waals surface area (Å²) in [6, 6.07) is 10.3. The van der Waals surface area contributed by atoms with Crippen LogP contribution < -0.4 is 0 Å². The molecule has 2 nitrogen and oxygen atoms in total. The number of benzene rings is 1. The van der Waals surface area contributed by atoms with Crippen molar-refractivity contribution in [3.8, 4) is 0 Å². The molecule has 58 valence electrons. The highest BCUT2D eigenvalue weighted by Crippen LogP contribution is 1.99. The van der Waals surface area contributed by atoms with Gasteiger partial charge in [-0.15, -0.1) is 0 Å². The van der Waals surface area contributed by atoms with Gasteiger partial charge in [0.25, 0.3) is 0 Å². The van der Waals surface area contributed by atoms with E-state index in [0.717, 1.165) is 0 Å². The number of allylic oxidation sites excluding steroid dienone is 1. The van der Waals surface area contributed by atoms with E-state index >= 15 is 0 Å². The summed E-state index contributed by atoms with van der Waals surface area (Å²) in [5.74, 6) is 0. The minimum Gasteiger partial charge on any atom is -0.0871 e. The molecule has 1 rings (SSSR count). The second-order valence-electron chi connectivity index (χ2n) is 1.91. The molecule has 1 aromatic carbocycles. The third-order valence-electron chi connectivity index (χ3n) is 1.16. The van der Waals surface area contributed by atoms with Crippen LogP contribution in [0, 0.1) is 0 Å². The molecule has 0 heterocycles. The molecule has 0 fully saturated rings. The zero-order chi connectivity index (χ0) is 6.53. The summed E-state index contributed by atoms with van der Waals surface area (Å²) in [7, 11) is 0. The lowest BCUT2D eigenvalue weighted by Gasteiger charge is -1.86. The van der Waals surface area contributed by atoms with Gasteiger partial charge in [-0.25, -0.2) is 0 Å². The van der Waals surface area contributed by atoms with Crippen molar-refractivity contribution in [1.82, 2.24) is 0 Å². The van der Waals surface area contributed by atoms with E-state index in [1.54, 1.807) is 0 Å². The standard InChI is InChI=1S/C9H10.2O/c1-2-6-9-7-4-3-5-8-9;;/h2-8H,1H3;;. The highest BCUT2D eigenvalue weighted by atomic mass is 16.0. The Morgan fingerprint density at radius 1 is 1.00 bits per heavy atom. The highest BCUT2D eigenvalue weighted by molar-refractivity contribution is 5.47. The molecular formula is C9H10O2. The fraction of sp³-hybridized carbons (Fsp3) is 0.111. The maximum atomic E-state index is 2.08. The molecule has 0 spiro atoms. The average molecular weight is 150 g/mol. The lowest BCUT2D eigenvalue weighted by Crippen LogP contribution is -1.65. The van der Waals surface area contributed by atoms with Gasteiger partial charge < -0.3 is 0 Å². The summed E-state index contributed by atoms with van der Waals surface area (Å²) in [4.78, 5) is 0. The molecule has 0 bridgehead atoms. The Morgan fingerprint density at radius 2 is 1.55 bits per heavy atom. The van der Waals surface area contributed by atoms with Gasteiger partial charge in [0.1, 0.15) is 0 Å². The molecule has 0 unspecified atom stereocenters. The van der Waals surface area contributed by atoms with E-state index in [1.807, 2.05) is 31.2 Å². The molecule has 1 aromatic rings. The molecule has 0 aromatic heterocycles. The number of hydrogen-bond donors (Lipinski definition) is 0. The van der Waals surface area contributed by atoms with Gasteiger partial charge in [-0.05, 0) is 12.5 Å². The Hall–Kier alpha value is -1.12. The summed E-state index contributed by atoms with van der Waals surface area (Å²) in [6.07, 6.45) is 4.12. The SMILES string of the molecule is CC=Cc1ccccc1.[O].[O]. The first-order valence-electron chi connectivity index (χ1n) is 3.11. The van der Waals surface area contributed by atoms with E-state index < -0.39 is 0 Å². The van der Waals surface area contributed by atoms with Crippen LogP contribution in [-0.4, -0.2) is 0 Å². The van der Waals surface area contributed by atoms with E-state index in [1.165, 1.54) is 5.56 Å². The monoisotopic (exact) mass is 150 g/mol.